The lowest BCUT2D eigenvalue weighted by molar-refractivity contribution is 0.274. The first kappa shape index (κ1) is 10.8. The molecule has 3 heteroatoms. The molecule has 0 radical (unpaired) electrons. The van der Waals surface area contributed by atoms with E-state index in [1.165, 1.54) is 0 Å². The summed E-state index contributed by atoms with van der Waals surface area (Å²) < 4.78 is 0. The third kappa shape index (κ3) is 1.82. The second kappa shape index (κ2) is 4.41. The van der Waals surface area contributed by atoms with E-state index in [2.05, 4.69) is 10.2 Å². The van der Waals surface area contributed by atoms with Gasteiger partial charge in [0.2, 0.25) is 0 Å². The van der Waals surface area contributed by atoms with Crippen molar-refractivity contribution in [1.82, 2.24) is 10.2 Å². The lowest BCUT2D eigenvalue weighted by Crippen LogP contribution is -2.02. The van der Waals surface area contributed by atoms with Gasteiger partial charge in [-0.25, -0.2) is 0 Å². The number of hydrogen-bond acceptors (Lipinski definition) is 3. The summed E-state index contributed by atoms with van der Waals surface area (Å²) >= 11 is 0. The van der Waals surface area contributed by atoms with Crippen molar-refractivity contribution in [2.24, 2.45) is 0 Å². The van der Waals surface area contributed by atoms with Crippen molar-refractivity contribution in [3.05, 3.63) is 47.3 Å². The first-order valence-corrected chi connectivity index (χ1v) is 5.23. The van der Waals surface area contributed by atoms with Crippen LogP contribution in [0.25, 0.3) is 11.1 Å². The quantitative estimate of drug-likeness (QED) is 0.834. The molecule has 0 spiro atoms. The number of nitrogens with zero attached hydrogens (tertiary/aromatic N) is 2. The van der Waals surface area contributed by atoms with Crippen LogP contribution in [0.15, 0.2) is 30.3 Å². The third-order valence-corrected chi connectivity index (χ3v) is 2.70. The van der Waals surface area contributed by atoms with E-state index >= 15 is 0 Å². The van der Waals surface area contributed by atoms with Crippen LogP contribution in [0.2, 0.25) is 0 Å². The largest absolute Gasteiger partial charge is 0.390 e. The Hall–Kier alpha value is -1.74. The van der Waals surface area contributed by atoms with Crippen LogP contribution in [0.1, 0.15) is 17.0 Å². The van der Waals surface area contributed by atoms with Crippen molar-refractivity contribution in [3.8, 4) is 11.1 Å². The molecule has 0 fully saturated rings. The molecule has 82 valence electrons. The molecule has 1 aromatic carbocycles. The second-order valence-electron chi connectivity index (χ2n) is 3.76. The smallest absolute Gasteiger partial charge is 0.0920 e. The molecule has 0 saturated heterocycles. The Bertz CT molecular complexity index is 495. The van der Waals surface area contributed by atoms with Gasteiger partial charge in [0.25, 0.3) is 0 Å². The van der Waals surface area contributed by atoms with Gasteiger partial charge < -0.3 is 5.11 Å². The number of aliphatic hydroxyl groups is 1. The standard InChI is InChI=1S/C13H14N2O/c1-9-12(8-16)15-14-10(2)13(9)11-6-4-3-5-7-11/h3-7,16H,8H2,1-2H3. The second-order valence-corrected chi connectivity index (χ2v) is 3.76. The summed E-state index contributed by atoms with van der Waals surface area (Å²) in [5, 5.41) is 17.2. The molecular weight excluding hydrogens is 200 g/mol. The molecule has 0 unspecified atom stereocenters. The van der Waals surface area contributed by atoms with Gasteiger partial charge in [-0.05, 0) is 25.0 Å². The molecule has 1 heterocycles. The number of aryl methyl sites for hydroxylation is 1. The van der Waals surface area contributed by atoms with Crippen molar-refractivity contribution in [2.75, 3.05) is 0 Å². The molecule has 1 aromatic heterocycles. The van der Waals surface area contributed by atoms with Gasteiger partial charge in [-0.2, -0.15) is 10.2 Å². The molecule has 0 atom stereocenters. The Morgan fingerprint density at radius 3 is 2.38 bits per heavy atom. The number of aromatic nitrogens is 2. The molecule has 1 N–H and O–H groups in total. The predicted molar refractivity (Wildman–Crippen MR) is 62.9 cm³/mol. The van der Waals surface area contributed by atoms with Gasteiger partial charge in [0.15, 0.2) is 0 Å². The Morgan fingerprint density at radius 1 is 1.06 bits per heavy atom. The first-order chi connectivity index (χ1) is 7.74. The Balaban J connectivity index is 2.64. The SMILES string of the molecule is Cc1nnc(CO)c(C)c1-c1ccccc1. The van der Waals surface area contributed by atoms with E-state index in [1.807, 2.05) is 44.2 Å². The molecular formula is C13H14N2O. The van der Waals surface area contributed by atoms with Crippen LogP contribution in [0, 0.1) is 13.8 Å². The van der Waals surface area contributed by atoms with Crippen molar-refractivity contribution in [2.45, 2.75) is 20.5 Å². The summed E-state index contributed by atoms with van der Waals surface area (Å²) in [6, 6.07) is 10.0. The zero-order valence-electron chi connectivity index (χ0n) is 9.44. The van der Waals surface area contributed by atoms with Crippen molar-refractivity contribution >= 4 is 0 Å². The van der Waals surface area contributed by atoms with Gasteiger partial charge >= 0.3 is 0 Å². The highest BCUT2D eigenvalue weighted by Crippen LogP contribution is 2.26. The topological polar surface area (TPSA) is 46.0 Å². The first-order valence-electron chi connectivity index (χ1n) is 5.23. The van der Waals surface area contributed by atoms with Crippen LogP contribution >= 0.6 is 0 Å². The summed E-state index contributed by atoms with van der Waals surface area (Å²) in [7, 11) is 0. The highest BCUT2D eigenvalue weighted by Gasteiger charge is 2.11. The zero-order chi connectivity index (χ0) is 11.5. The van der Waals surface area contributed by atoms with Crippen LogP contribution in [-0.2, 0) is 6.61 Å². The van der Waals surface area contributed by atoms with Crippen molar-refractivity contribution < 1.29 is 5.11 Å². The van der Waals surface area contributed by atoms with Gasteiger partial charge in [-0.15, -0.1) is 0 Å². The minimum absolute atomic E-state index is 0.0705. The average molecular weight is 214 g/mol. The fourth-order valence-electron chi connectivity index (χ4n) is 1.86. The molecule has 0 saturated carbocycles. The van der Waals surface area contributed by atoms with E-state index in [-0.39, 0.29) is 6.61 Å². The Labute approximate surface area is 94.8 Å². The molecule has 2 rings (SSSR count). The fourth-order valence-corrected chi connectivity index (χ4v) is 1.86. The molecule has 2 aromatic rings. The fraction of sp³-hybridized carbons (Fsp3) is 0.231. The minimum Gasteiger partial charge on any atom is -0.390 e. The minimum atomic E-state index is -0.0705. The van der Waals surface area contributed by atoms with Crippen molar-refractivity contribution in [1.29, 1.82) is 0 Å². The highest BCUT2D eigenvalue weighted by molar-refractivity contribution is 5.69. The molecule has 0 aliphatic carbocycles. The monoisotopic (exact) mass is 214 g/mol. The lowest BCUT2D eigenvalue weighted by atomic mass is 9.99. The maximum atomic E-state index is 9.18. The summed E-state index contributed by atoms with van der Waals surface area (Å²) in [5.41, 5.74) is 4.72. The van der Waals surface area contributed by atoms with E-state index in [1.54, 1.807) is 0 Å². The maximum Gasteiger partial charge on any atom is 0.0920 e. The number of benzene rings is 1. The molecule has 0 bridgehead atoms. The summed E-state index contributed by atoms with van der Waals surface area (Å²) in [6.07, 6.45) is 0. The number of rotatable bonds is 2. The van der Waals surface area contributed by atoms with Crippen molar-refractivity contribution in [3.63, 3.8) is 0 Å². The molecule has 0 aliphatic heterocycles. The molecule has 0 aliphatic rings. The third-order valence-electron chi connectivity index (χ3n) is 2.70. The van der Waals surface area contributed by atoms with Crippen LogP contribution in [-0.4, -0.2) is 15.3 Å². The van der Waals surface area contributed by atoms with E-state index in [4.69, 9.17) is 0 Å². The summed E-state index contributed by atoms with van der Waals surface area (Å²) in [6.45, 7) is 3.83. The molecule has 16 heavy (non-hydrogen) atoms. The lowest BCUT2D eigenvalue weighted by Gasteiger charge is -2.11. The number of aliphatic hydroxyl groups excluding tert-OH is 1. The predicted octanol–water partition coefficient (Wildman–Crippen LogP) is 2.25. The summed E-state index contributed by atoms with van der Waals surface area (Å²) in [5.74, 6) is 0. The van der Waals surface area contributed by atoms with Crippen LogP contribution < -0.4 is 0 Å². The Morgan fingerprint density at radius 2 is 1.75 bits per heavy atom. The summed E-state index contributed by atoms with van der Waals surface area (Å²) in [4.78, 5) is 0. The Kier molecular flexibility index (Phi) is 2.97. The van der Waals surface area contributed by atoms with E-state index in [0.717, 1.165) is 22.4 Å². The van der Waals surface area contributed by atoms with E-state index < -0.39 is 0 Å². The zero-order valence-corrected chi connectivity index (χ0v) is 9.44. The van der Waals surface area contributed by atoms with Crippen LogP contribution in [0.4, 0.5) is 0 Å². The molecule has 0 amide bonds. The van der Waals surface area contributed by atoms with Gasteiger partial charge in [-0.3, -0.25) is 0 Å². The average Bonchev–Trinajstić information content (AvgIpc) is 2.31. The van der Waals surface area contributed by atoms with Gasteiger partial charge in [-0.1, -0.05) is 30.3 Å². The van der Waals surface area contributed by atoms with E-state index in [0.29, 0.717) is 5.69 Å². The van der Waals surface area contributed by atoms with Crippen LogP contribution in [0.5, 0.6) is 0 Å². The number of hydrogen-bond donors (Lipinski definition) is 1. The van der Waals surface area contributed by atoms with Gasteiger partial charge in [0.05, 0.1) is 18.0 Å². The normalized spacial score (nSPS) is 10.4. The highest BCUT2D eigenvalue weighted by atomic mass is 16.3. The van der Waals surface area contributed by atoms with Gasteiger partial charge in [0.1, 0.15) is 0 Å². The maximum absolute atomic E-state index is 9.18. The van der Waals surface area contributed by atoms with Gasteiger partial charge in [0, 0.05) is 5.56 Å². The van der Waals surface area contributed by atoms with Crippen LogP contribution in [0.3, 0.4) is 0 Å². The van der Waals surface area contributed by atoms with E-state index in [9.17, 15) is 5.11 Å². The molecule has 3 nitrogen and oxygen atoms in total.